The minimum absolute atomic E-state index is 0.698. The molecule has 4 nitrogen and oxygen atoms in total. The Morgan fingerprint density at radius 2 is 2.24 bits per heavy atom. The van der Waals surface area contributed by atoms with Gasteiger partial charge in [0.05, 0.1) is 0 Å². The number of aromatic nitrogens is 1. The average molecular weight is 231 g/mol. The van der Waals surface area contributed by atoms with Crippen molar-refractivity contribution < 1.29 is 4.42 Å². The van der Waals surface area contributed by atoms with Gasteiger partial charge in [0.1, 0.15) is 5.52 Å². The number of likely N-dealkylation sites (N-methyl/N-ethyl adjacent to an activating group) is 1. The van der Waals surface area contributed by atoms with Crippen molar-refractivity contribution in [1.82, 2.24) is 10.3 Å². The fourth-order valence-corrected chi connectivity index (χ4v) is 1.84. The second-order valence-electron chi connectivity index (χ2n) is 4.61. The summed E-state index contributed by atoms with van der Waals surface area (Å²) in [5.41, 5.74) is 1.77. The zero-order valence-electron chi connectivity index (χ0n) is 10.0. The molecule has 1 N–H and O–H groups in total. The van der Waals surface area contributed by atoms with Crippen LogP contribution in [0.4, 0.5) is 6.01 Å². The molecular formula is C13H17N3O. The molecule has 0 radical (unpaired) electrons. The number of anilines is 1. The van der Waals surface area contributed by atoms with Crippen molar-refractivity contribution in [2.45, 2.75) is 18.9 Å². The summed E-state index contributed by atoms with van der Waals surface area (Å²) in [4.78, 5) is 6.51. The smallest absolute Gasteiger partial charge is 0.298 e. The van der Waals surface area contributed by atoms with E-state index < -0.39 is 0 Å². The highest BCUT2D eigenvalue weighted by Crippen LogP contribution is 2.21. The molecule has 0 aliphatic heterocycles. The molecule has 1 fully saturated rings. The summed E-state index contributed by atoms with van der Waals surface area (Å²) in [6, 6.07) is 9.31. The highest BCUT2D eigenvalue weighted by molar-refractivity contribution is 5.74. The Bertz CT molecular complexity index is 471. The van der Waals surface area contributed by atoms with Gasteiger partial charge < -0.3 is 14.6 Å². The molecule has 0 amide bonds. The van der Waals surface area contributed by atoms with Gasteiger partial charge >= 0.3 is 0 Å². The van der Waals surface area contributed by atoms with E-state index in [1.807, 2.05) is 31.3 Å². The van der Waals surface area contributed by atoms with Gasteiger partial charge in [-0.25, -0.2) is 0 Å². The lowest BCUT2D eigenvalue weighted by Gasteiger charge is -2.14. The van der Waals surface area contributed by atoms with Gasteiger partial charge in [0.15, 0.2) is 5.58 Å². The van der Waals surface area contributed by atoms with Gasteiger partial charge in [-0.3, -0.25) is 0 Å². The maximum Gasteiger partial charge on any atom is 0.298 e. The second-order valence-corrected chi connectivity index (χ2v) is 4.61. The van der Waals surface area contributed by atoms with Crippen LogP contribution in [0, 0.1) is 0 Å². The SMILES string of the molecule is CN(CCNC1CC1)c1nc2ccccc2o1. The maximum absolute atomic E-state index is 5.69. The van der Waals surface area contributed by atoms with E-state index in [2.05, 4.69) is 15.2 Å². The van der Waals surface area contributed by atoms with Crippen molar-refractivity contribution >= 4 is 17.1 Å². The van der Waals surface area contributed by atoms with Crippen molar-refractivity contribution in [2.24, 2.45) is 0 Å². The molecule has 90 valence electrons. The van der Waals surface area contributed by atoms with E-state index >= 15 is 0 Å². The number of fused-ring (bicyclic) bond motifs is 1. The molecule has 0 spiro atoms. The first-order valence-corrected chi connectivity index (χ1v) is 6.13. The van der Waals surface area contributed by atoms with Crippen LogP contribution in [0.1, 0.15) is 12.8 Å². The van der Waals surface area contributed by atoms with E-state index in [-0.39, 0.29) is 0 Å². The van der Waals surface area contributed by atoms with E-state index in [0.717, 1.165) is 30.2 Å². The molecule has 1 saturated carbocycles. The van der Waals surface area contributed by atoms with Crippen LogP contribution >= 0.6 is 0 Å². The van der Waals surface area contributed by atoms with Crippen LogP contribution < -0.4 is 10.2 Å². The Kier molecular flexibility index (Phi) is 2.73. The van der Waals surface area contributed by atoms with E-state index in [4.69, 9.17) is 4.42 Å². The molecule has 0 atom stereocenters. The minimum Gasteiger partial charge on any atom is -0.423 e. The number of hydrogen-bond acceptors (Lipinski definition) is 4. The van der Waals surface area contributed by atoms with Crippen molar-refractivity contribution in [3.05, 3.63) is 24.3 Å². The first-order chi connectivity index (χ1) is 8.33. The molecule has 1 heterocycles. The van der Waals surface area contributed by atoms with Gasteiger partial charge in [-0.2, -0.15) is 4.98 Å². The predicted molar refractivity (Wildman–Crippen MR) is 68.3 cm³/mol. The number of benzene rings is 1. The van der Waals surface area contributed by atoms with E-state index in [0.29, 0.717) is 6.01 Å². The Morgan fingerprint density at radius 1 is 1.41 bits per heavy atom. The topological polar surface area (TPSA) is 41.3 Å². The lowest BCUT2D eigenvalue weighted by molar-refractivity contribution is 0.572. The number of para-hydroxylation sites is 2. The van der Waals surface area contributed by atoms with Crippen LogP contribution in [-0.4, -0.2) is 31.2 Å². The molecule has 3 rings (SSSR count). The predicted octanol–water partition coefficient (Wildman–Crippen LogP) is 2.02. The van der Waals surface area contributed by atoms with E-state index in [9.17, 15) is 0 Å². The number of oxazole rings is 1. The zero-order valence-corrected chi connectivity index (χ0v) is 10.0. The summed E-state index contributed by atoms with van der Waals surface area (Å²) < 4.78 is 5.69. The number of nitrogens with one attached hydrogen (secondary N) is 1. The maximum atomic E-state index is 5.69. The first-order valence-electron chi connectivity index (χ1n) is 6.13. The fraction of sp³-hybridized carbons (Fsp3) is 0.462. The van der Waals surface area contributed by atoms with Crippen LogP contribution in [0.25, 0.3) is 11.1 Å². The highest BCUT2D eigenvalue weighted by Gasteiger charge is 2.20. The van der Waals surface area contributed by atoms with E-state index in [1.165, 1.54) is 12.8 Å². The quantitative estimate of drug-likeness (QED) is 0.854. The van der Waals surface area contributed by atoms with Crippen LogP contribution in [0.15, 0.2) is 28.7 Å². The normalized spacial score (nSPS) is 15.4. The zero-order chi connectivity index (χ0) is 11.7. The van der Waals surface area contributed by atoms with Crippen LogP contribution in [0.2, 0.25) is 0 Å². The molecule has 0 bridgehead atoms. The molecule has 1 aliphatic rings. The van der Waals surface area contributed by atoms with Crippen LogP contribution in [0.5, 0.6) is 0 Å². The lowest BCUT2D eigenvalue weighted by Crippen LogP contribution is -2.30. The number of hydrogen-bond donors (Lipinski definition) is 1. The fourth-order valence-electron chi connectivity index (χ4n) is 1.84. The molecule has 17 heavy (non-hydrogen) atoms. The molecule has 0 saturated heterocycles. The average Bonchev–Trinajstić information content (AvgIpc) is 3.06. The molecular weight excluding hydrogens is 214 g/mol. The van der Waals surface area contributed by atoms with Crippen molar-refractivity contribution in [3.8, 4) is 0 Å². The summed E-state index contributed by atoms with van der Waals surface area (Å²) in [5.74, 6) is 0. The van der Waals surface area contributed by atoms with E-state index in [1.54, 1.807) is 0 Å². The van der Waals surface area contributed by atoms with Crippen molar-refractivity contribution in [3.63, 3.8) is 0 Å². The van der Waals surface area contributed by atoms with Gasteiger partial charge in [-0.1, -0.05) is 12.1 Å². The number of rotatable bonds is 5. The second kappa shape index (κ2) is 4.37. The van der Waals surface area contributed by atoms with Gasteiger partial charge in [0, 0.05) is 26.2 Å². The van der Waals surface area contributed by atoms with Crippen LogP contribution in [0.3, 0.4) is 0 Å². The Labute approximate surface area is 101 Å². The summed E-state index contributed by atoms with van der Waals surface area (Å²) >= 11 is 0. The summed E-state index contributed by atoms with van der Waals surface area (Å²) in [6.07, 6.45) is 2.65. The van der Waals surface area contributed by atoms with Gasteiger partial charge in [0.25, 0.3) is 6.01 Å². The third kappa shape index (κ3) is 2.42. The van der Waals surface area contributed by atoms with Crippen LogP contribution in [-0.2, 0) is 0 Å². The van der Waals surface area contributed by atoms with Gasteiger partial charge in [-0.15, -0.1) is 0 Å². The van der Waals surface area contributed by atoms with Crippen molar-refractivity contribution in [2.75, 3.05) is 25.0 Å². The lowest BCUT2D eigenvalue weighted by atomic mass is 10.3. The standard InChI is InChI=1S/C13H17N3O/c1-16(9-8-14-10-6-7-10)13-15-11-4-2-3-5-12(11)17-13/h2-5,10,14H,6-9H2,1H3. The molecule has 1 aliphatic carbocycles. The number of nitrogens with zero attached hydrogens (tertiary/aromatic N) is 2. The Balaban J connectivity index is 1.64. The Morgan fingerprint density at radius 3 is 3.00 bits per heavy atom. The van der Waals surface area contributed by atoms with Gasteiger partial charge in [0.2, 0.25) is 0 Å². The first kappa shape index (κ1) is 10.6. The van der Waals surface area contributed by atoms with Crippen molar-refractivity contribution in [1.29, 1.82) is 0 Å². The highest BCUT2D eigenvalue weighted by atomic mass is 16.4. The minimum atomic E-state index is 0.698. The molecule has 1 aromatic heterocycles. The van der Waals surface area contributed by atoms with Gasteiger partial charge in [-0.05, 0) is 25.0 Å². The molecule has 4 heteroatoms. The Hall–Kier alpha value is -1.55. The molecule has 1 aromatic carbocycles. The third-order valence-electron chi connectivity index (χ3n) is 3.07. The third-order valence-corrected chi connectivity index (χ3v) is 3.07. The molecule has 2 aromatic rings. The monoisotopic (exact) mass is 231 g/mol. The largest absolute Gasteiger partial charge is 0.423 e. The summed E-state index contributed by atoms with van der Waals surface area (Å²) in [7, 11) is 2.01. The molecule has 0 unspecified atom stereocenters. The summed E-state index contributed by atoms with van der Waals surface area (Å²) in [5, 5.41) is 3.48. The summed E-state index contributed by atoms with van der Waals surface area (Å²) in [6.45, 7) is 1.91.